The maximum atomic E-state index is 10.8. The number of hydrogen-bond acceptors (Lipinski definition) is 6. The molecule has 1 N–H and O–H groups in total. The van der Waals surface area contributed by atoms with Gasteiger partial charge in [-0.3, -0.25) is 15.5 Å². The van der Waals surface area contributed by atoms with Crippen LogP contribution in [0.3, 0.4) is 0 Å². The highest BCUT2D eigenvalue weighted by Crippen LogP contribution is 2.27. The van der Waals surface area contributed by atoms with Gasteiger partial charge >= 0.3 is 0 Å². The van der Waals surface area contributed by atoms with Gasteiger partial charge in [-0.25, -0.2) is 9.98 Å². The summed E-state index contributed by atoms with van der Waals surface area (Å²) in [5.74, 6) is 1.05. The molecule has 0 aliphatic heterocycles. The molecule has 0 spiro atoms. The summed E-state index contributed by atoms with van der Waals surface area (Å²) in [5, 5.41) is 16.1. The van der Waals surface area contributed by atoms with Crippen LogP contribution in [0.25, 0.3) is 10.9 Å². The number of nitrogens with one attached hydrogen (secondary N) is 1. The van der Waals surface area contributed by atoms with Crippen molar-refractivity contribution in [3.63, 3.8) is 0 Å². The van der Waals surface area contributed by atoms with E-state index in [2.05, 4.69) is 15.5 Å². The summed E-state index contributed by atoms with van der Waals surface area (Å²) in [6, 6.07) is 25.1. The molecule has 1 heterocycles. The van der Waals surface area contributed by atoms with Gasteiger partial charge < -0.3 is 4.74 Å². The molecule has 0 saturated carbocycles. The molecule has 0 saturated heterocycles. The molecule has 4 rings (SSSR count). The molecule has 0 aliphatic rings. The molecule has 8 heteroatoms. The van der Waals surface area contributed by atoms with Crippen LogP contribution in [0, 0.1) is 10.1 Å². The highest BCUT2D eigenvalue weighted by molar-refractivity contribution is 6.01. The Morgan fingerprint density at radius 2 is 1.75 bits per heavy atom. The zero-order valence-electron chi connectivity index (χ0n) is 17.2. The molecule has 0 radical (unpaired) electrons. The predicted molar refractivity (Wildman–Crippen MR) is 125 cm³/mol. The number of methoxy groups -OCH3 is 1. The molecule has 0 aliphatic carbocycles. The summed E-state index contributed by atoms with van der Waals surface area (Å²) in [7, 11) is 1.59. The summed E-state index contributed by atoms with van der Waals surface area (Å²) in [6.45, 7) is 0. The summed E-state index contributed by atoms with van der Waals surface area (Å²) in [5.41, 5.74) is 5.74. The van der Waals surface area contributed by atoms with Crippen LogP contribution in [0.4, 0.5) is 11.4 Å². The smallest absolute Gasteiger partial charge is 0.269 e. The van der Waals surface area contributed by atoms with Crippen molar-refractivity contribution in [2.45, 2.75) is 0 Å². The number of non-ortho nitro benzene ring substituents is 1. The van der Waals surface area contributed by atoms with E-state index in [9.17, 15) is 10.1 Å². The predicted octanol–water partition coefficient (Wildman–Crippen LogP) is 4.85. The van der Waals surface area contributed by atoms with Crippen molar-refractivity contribution in [1.29, 1.82) is 0 Å². The fraction of sp³-hybridized carbons (Fsp3) is 0.0417. The highest BCUT2D eigenvalue weighted by atomic mass is 16.6. The lowest BCUT2D eigenvalue weighted by Gasteiger charge is -2.09. The lowest BCUT2D eigenvalue weighted by molar-refractivity contribution is -0.384. The van der Waals surface area contributed by atoms with Gasteiger partial charge in [0.1, 0.15) is 17.1 Å². The number of aliphatic imine (C=N–C) groups is 1. The largest absolute Gasteiger partial charge is 0.494 e. The van der Waals surface area contributed by atoms with Gasteiger partial charge in [-0.05, 0) is 42.0 Å². The van der Waals surface area contributed by atoms with Crippen molar-refractivity contribution in [1.82, 2.24) is 10.4 Å². The Morgan fingerprint density at radius 1 is 1.00 bits per heavy atom. The minimum absolute atomic E-state index is 0.0221. The summed E-state index contributed by atoms with van der Waals surface area (Å²) in [6.07, 6.45) is 1.56. The molecule has 3 aromatic carbocycles. The van der Waals surface area contributed by atoms with E-state index < -0.39 is 4.92 Å². The van der Waals surface area contributed by atoms with Crippen LogP contribution in [0.15, 0.2) is 95.0 Å². The van der Waals surface area contributed by atoms with Crippen LogP contribution < -0.4 is 10.2 Å². The molecule has 1 aromatic heterocycles. The minimum atomic E-state index is -0.442. The average molecular weight is 425 g/mol. The number of nitro benzene ring substituents is 1. The standard InChI is InChI=1S/C24H19N5O3/c1-32-23-9-5-4-8-21(23)27-24(22-15-12-18-6-2-3-7-20(18)26-22)28-25-16-17-10-13-19(14-11-17)29(30)31/h2-16H,1H3,(H,27,28)/b25-16+. The third-order valence-corrected chi connectivity index (χ3v) is 4.65. The molecular formula is C24H19N5O3. The second-order valence-corrected chi connectivity index (χ2v) is 6.74. The number of ether oxygens (including phenoxy) is 1. The van der Waals surface area contributed by atoms with Crippen molar-refractivity contribution in [2.24, 2.45) is 10.1 Å². The van der Waals surface area contributed by atoms with E-state index in [1.165, 1.54) is 12.1 Å². The number of para-hydroxylation sites is 3. The van der Waals surface area contributed by atoms with Gasteiger partial charge in [-0.2, -0.15) is 5.10 Å². The van der Waals surface area contributed by atoms with E-state index in [4.69, 9.17) is 9.72 Å². The van der Waals surface area contributed by atoms with E-state index in [1.807, 2.05) is 60.7 Å². The van der Waals surface area contributed by atoms with Crippen LogP contribution in [-0.4, -0.2) is 29.1 Å². The van der Waals surface area contributed by atoms with Gasteiger partial charge in [-0.1, -0.05) is 36.4 Å². The maximum absolute atomic E-state index is 10.8. The molecule has 0 atom stereocenters. The molecular weight excluding hydrogens is 406 g/mol. The van der Waals surface area contributed by atoms with Crippen molar-refractivity contribution in [3.8, 4) is 5.75 Å². The summed E-state index contributed by atoms with van der Waals surface area (Å²) in [4.78, 5) is 19.8. The van der Waals surface area contributed by atoms with Crippen molar-refractivity contribution in [2.75, 3.05) is 7.11 Å². The van der Waals surface area contributed by atoms with Crippen LogP contribution >= 0.6 is 0 Å². The zero-order chi connectivity index (χ0) is 22.3. The van der Waals surface area contributed by atoms with Crippen LogP contribution in [-0.2, 0) is 0 Å². The first-order valence-electron chi connectivity index (χ1n) is 9.75. The second kappa shape index (κ2) is 9.48. The number of hydrazone groups is 1. The molecule has 8 nitrogen and oxygen atoms in total. The lowest BCUT2D eigenvalue weighted by atomic mass is 10.2. The van der Waals surface area contributed by atoms with E-state index in [0.29, 0.717) is 28.5 Å². The lowest BCUT2D eigenvalue weighted by Crippen LogP contribution is -2.20. The van der Waals surface area contributed by atoms with Gasteiger partial charge in [0.25, 0.3) is 5.69 Å². The number of aromatic nitrogens is 1. The molecule has 0 fully saturated rings. The number of nitrogens with zero attached hydrogens (tertiary/aromatic N) is 4. The monoisotopic (exact) mass is 425 g/mol. The Bertz CT molecular complexity index is 1320. The first-order chi connectivity index (χ1) is 15.6. The molecule has 158 valence electrons. The van der Waals surface area contributed by atoms with Crippen molar-refractivity contribution >= 4 is 34.3 Å². The molecule has 32 heavy (non-hydrogen) atoms. The minimum Gasteiger partial charge on any atom is -0.494 e. The first-order valence-corrected chi connectivity index (χ1v) is 9.75. The quantitative estimate of drug-likeness (QED) is 0.206. The summed E-state index contributed by atoms with van der Waals surface area (Å²) < 4.78 is 5.41. The van der Waals surface area contributed by atoms with Crippen molar-refractivity contribution in [3.05, 3.63) is 106 Å². The number of nitro groups is 1. The average Bonchev–Trinajstić information content (AvgIpc) is 2.83. The number of pyridine rings is 1. The first kappa shape index (κ1) is 20.7. The van der Waals surface area contributed by atoms with E-state index in [-0.39, 0.29) is 5.69 Å². The van der Waals surface area contributed by atoms with Gasteiger partial charge in [0.2, 0.25) is 0 Å². The van der Waals surface area contributed by atoms with E-state index in [1.54, 1.807) is 25.5 Å². The van der Waals surface area contributed by atoms with Gasteiger partial charge in [0, 0.05) is 17.5 Å². The zero-order valence-corrected chi connectivity index (χ0v) is 17.2. The third kappa shape index (κ3) is 4.76. The highest BCUT2D eigenvalue weighted by Gasteiger charge is 2.09. The molecule has 0 bridgehead atoms. The Hall–Kier alpha value is -4.59. The fourth-order valence-electron chi connectivity index (χ4n) is 3.03. The van der Waals surface area contributed by atoms with Gasteiger partial charge in [-0.15, -0.1) is 0 Å². The van der Waals surface area contributed by atoms with E-state index in [0.717, 1.165) is 10.9 Å². The number of rotatable bonds is 6. The van der Waals surface area contributed by atoms with E-state index >= 15 is 0 Å². The van der Waals surface area contributed by atoms with Gasteiger partial charge in [0.15, 0.2) is 5.84 Å². The molecule has 0 amide bonds. The SMILES string of the molecule is COc1ccccc1N=C(N/N=C/c1ccc([N+](=O)[O-])cc1)c1ccc2ccccc2n1. The fourth-order valence-corrected chi connectivity index (χ4v) is 3.03. The Morgan fingerprint density at radius 3 is 2.53 bits per heavy atom. The number of fused-ring (bicyclic) bond motifs is 1. The van der Waals surface area contributed by atoms with Crippen LogP contribution in [0.2, 0.25) is 0 Å². The second-order valence-electron chi connectivity index (χ2n) is 6.74. The Labute approximate surface area is 184 Å². The third-order valence-electron chi connectivity index (χ3n) is 4.65. The normalized spacial score (nSPS) is 11.6. The number of benzene rings is 3. The Balaban J connectivity index is 1.68. The summed E-state index contributed by atoms with van der Waals surface area (Å²) >= 11 is 0. The Kier molecular flexibility index (Phi) is 6.12. The van der Waals surface area contributed by atoms with Gasteiger partial charge in [0.05, 0.1) is 23.8 Å². The molecule has 4 aromatic rings. The maximum Gasteiger partial charge on any atom is 0.269 e. The topological polar surface area (TPSA) is 102 Å². The van der Waals surface area contributed by atoms with Crippen molar-refractivity contribution < 1.29 is 9.66 Å². The number of amidine groups is 1. The molecule has 0 unspecified atom stereocenters. The number of hydrogen-bond donors (Lipinski definition) is 1. The van der Waals surface area contributed by atoms with Crippen LogP contribution in [0.5, 0.6) is 5.75 Å². The van der Waals surface area contributed by atoms with Crippen LogP contribution in [0.1, 0.15) is 11.3 Å².